The molecule has 0 fully saturated rings. The number of halogens is 1. The molecule has 0 bridgehead atoms. The zero-order chi connectivity index (χ0) is 11.4. The van der Waals surface area contributed by atoms with Crippen molar-refractivity contribution in [3.63, 3.8) is 0 Å². The van der Waals surface area contributed by atoms with E-state index >= 15 is 0 Å². The van der Waals surface area contributed by atoms with E-state index in [4.69, 9.17) is 4.42 Å². The van der Waals surface area contributed by atoms with Crippen molar-refractivity contribution in [2.75, 3.05) is 0 Å². The molecule has 1 N–H and O–H groups in total. The van der Waals surface area contributed by atoms with Crippen molar-refractivity contribution >= 4 is 21.8 Å². The molecule has 82 valence electrons. The standard InChI is InChI=1S/C11H9BrN2O2/c12-9-4-2-1-3-8(9)5-14-11(15)10-6-13-7-16-10/h1-4,6-7H,5H2,(H,14,15). The average molecular weight is 281 g/mol. The summed E-state index contributed by atoms with van der Waals surface area (Å²) in [5.74, 6) is -0.0553. The van der Waals surface area contributed by atoms with Gasteiger partial charge < -0.3 is 9.73 Å². The SMILES string of the molecule is O=C(NCc1ccccc1Br)c1cnco1. The third-order valence-electron chi connectivity index (χ3n) is 2.05. The van der Waals surface area contributed by atoms with E-state index in [1.54, 1.807) is 0 Å². The van der Waals surface area contributed by atoms with Crippen LogP contribution in [-0.4, -0.2) is 10.9 Å². The smallest absolute Gasteiger partial charge is 0.288 e. The molecule has 0 aliphatic carbocycles. The topological polar surface area (TPSA) is 55.1 Å². The lowest BCUT2D eigenvalue weighted by Gasteiger charge is -2.04. The molecule has 0 radical (unpaired) electrons. The minimum atomic E-state index is -0.270. The summed E-state index contributed by atoms with van der Waals surface area (Å²) >= 11 is 3.41. The summed E-state index contributed by atoms with van der Waals surface area (Å²) in [6, 6.07) is 7.70. The number of hydrogen-bond acceptors (Lipinski definition) is 3. The number of carbonyl (C=O) groups excluding carboxylic acids is 1. The van der Waals surface area contributed by atoms with Gasteiger partial charge >= 0.3 is 0 Å². The molecule has 1 aromatic heterocycles. The van der Waals surface area contributed by atoms with Gasteiger partial charge in [0.25, 0.3) is 5.91 Å². The lowest BCUT2D eigenvalue weighted by atomic mass is 10.2. The van der Waals surface area contributed by atoms with Crippen molar-refractivity contribution in [2.24, 2.45) is 0 Å². The molecule has 2 aromatic rings. The Balaban J connectivity index is 1.98. The first-order valence-corrected chi connectivity index (χ1v) is 5.47. The zero-order valence-corrected chi connectivity index (χ0v) is 9.90. The summed E-state index contributed by atoms with van der Waals surface area (Å²) in [5, 5.41) is 2.74. The molecule has 0 unspecified atom stereocenters. The Labute approximate surface area is 101 Å². The van der Waals surface area contributed by atoms with E-state index in [1.807, 2.05) is 24.3 Å². The van der Waals surface area contributed by atoms with Crippen molar-refractivity contribution in [3.05, 3.63) is 52.7 Å². The fourth-order valence-corrected chi connectivity index (χ4v) is 1.66. The fraction of sp³-hybridized carbons (Fsp3) is 0.0909. The molecule has 0 saturated heterocycles. The van der Waals surface area contributed by atoms with Gasteiger partial charge in [0.05, 0.1) is 6.20 Å². The number of rotatable bonds is 3. The van der Waals surface area contributed by atoms with Crippen LogP contribution in [-0.2, 0) is 6.54 Å². The van der Waals surface area contributed by atoms with E-state index in [-0.39, 0.29) is 11.7 Å². The van der Waals surface area contributed by atoms with Crippen LogP contribution < -0.4 is 5.32 Å². The molecular formula is C11H9BrN2O2. The third-order valence-corrected chi connectivity index (χ3v) is 2.83. The number of amides is 1. The lowest BCUT2D eigenvalue weighted by molar-refractivity contribution is 0.0923. The number of nitrogens with zero attached hydrogens (tertiary/aromatic N) is 1. The van der Waals surface area contributed by atoms with Crippen LogP contribution in [0.5, 0.6) is 0 Å². The largest absolute Gasteiger partial charge is 0.438 e. The number of oxazole rings is 1. The van der Waals surface area contributed by atoms with E-state index in [1.165, 1.54) is 12.6 Å². The van der Waals surface area contributed by atoms with Gasteiger partial charge in [-0.05, 0) is 11.6 Å². The summed E-state index contributed by atoms with van der Waals surface area (Å²) in [6.07, 6.45) is 2.61. The van der Waals surface area contributed by atoms with Crippen LogP contribution in [0, 0.1) is 0 Å². The number of benzene rings is 1. The normalized spacial score (nSPS) is 10.1. The minimum Gasteiger partial charge on any atom is -0.438 e. The van der Waals surface area contributed by atoms with Crippen molar-refractivity contribution in [1.29, 1.82) is 0 Å². The first-order chi connectivity index (χ1) is 7.77. The molecule has 0 saturated carbocycles. The quantitative estimate of drug-likeness (QED) is 0.939. The molecule has 1 heterocycles. The van der Waals surface area contributed by atoms with E-state index in [2.05, 4.69) is 26.2 Å². The predicted molar refractivity (Wildman–Crippen MR) is 61.8 cm³/mol. The van der Waals surface area contributed by atoms with Gasteiger partial charge in [0.2, 0.25) is 5.76 Å². The summed E-state index contributed by atoms with van der Waals surface area (Å²) < 4.78 is 5.84. The highest BCUT2D eigenvalue weighted by atomic mass is 79.9. The Bertz CT molecular complexity index is 482. The van der Waals surface area contributed by atoms with Gasteiger partial charge in [-0.25, -0.2) is 4.98 Å². The maximum Gasteiger partial charge on any atom is 0.288 e. The molecule has 0 aliphatic heterocycles. The molecule has 1 amide bonds. The summed E-state index contributed by atoms with van der Waals surface area (Å²) in [6.45, 7) is 0.445. The van der Waals surface area contributed by atoms with E-state index in [0.29, 0.717) is 6.54 Å². The van der Waals surface area contributed by atoms with Crippen molar-refractivity contribution < 1.29 is 9.21 Å². The number of carbonyl (C=O) groups is 1. The Morgan fingerprint density at radius 3 is 2.94 bits per heavy atom. The molecule has 4 nitrogen and oxygen atoms in total. The summed E-state index contributed by atoms with van der Waals surface area (Å²) in [4.78, 5) is 15.2. The van der Waals surface area contributed by atoms with Crippen LogP contribution >= 0.6 is 15.9 Å². The molecule has 2 rings (SSSR count). The number of nitrogens with one attached hydrogen (secondary N) is 1. The second-order valence-electron chi connectivity index (χ2n) is 3.14. The van der Waals surface area contributed by atoms with Gasteiger partial charge in [-0.1, -0.05) is 34.1 Å². The Kier molecular flexibility index (Phi) is 3.36. The van der Waals surface area contributed by atoms with Gasteiger partial charge in [0.15, 0.2) is 6.39 Å². The first kappa shape index (κ1) is 10.9. The highest BCUT2D eigenvalue weighted by Gasteiger charge is 2.08. The fourth-order valence-electron chi connectivity index (χ4n) is 1.23. The maximum atomic E-state index is 11.5. The van der Waals surface area contributed by atoms with Crippen LogP contribution in [0.25, 0.3) is 0 Å². The maximum absolute atomic E-state index is 11.5. The molecule has 0 atom stereocenters. The zero-order valence-electron chi connectivity index (χ0n) is 8.31. The Hall–Kier alpha value is -1.62. The molecule has 1 aromatic carbocycles. The van der Waals surface area contributed by atoms with E-state index in [9.17, 15) is 4.79 Å². The van der Waals surface area contributed by atoms with Gasteiger partial charge in [-0.3, -0.25) is 4.79 Å². The Morgan fingerprint density at radius 2 is 2.25 bits per heavy atom. The molecule has 16 heavy (non-hydrogen) atoms. The average Bonchev–Trinajstić information content (AvgIpc) is 2.81. The van der Waals surface area contributed by atoms with Gasteiger partial charge in [0.1, 0.15) is 0 Å². The van der Waals surface area contributed by atoms with Gasteiger partial charge in [0, 0.05) is 11.0 Å². The molecule has 0 aliphatic rings. The summed E-state index contributed by atoms with van der Waals surface area (Å²) in [7, 11) is 0. The second kappa shape index (κ2) is 4.94. The highest BCUT2D eigenvalue weighted by Crippen LogP contribution is 2.15. The lowest BCUT2D eigenvalue weighted by Crippen LogP contribution is -2.22. The number of aromatic nitrogens is 1. The monoisotopic (exact) mass is 280 g/mol. The van der Waals surface area contributed by atoms with E-state index < -0.39 is 0 Å². The first-order valence-electron chi connectivity index (χ1n) is 4.67. The van der Waals surface area contributed by atoms with Crippen LogP contribution in [0.1, 0.15) is 16.1 Å². The van der Waals surface area contributed by atoms with Crippen molar-refractivity contribution in [3.8, 4) is 0 Å². The van der Waals surface area contributed by atoms with Crippen molar-refractivity contribution in [2.45, 2.75) is 6.54 Å². The molecule has 5 heteroatoms. The highest BCUT2D eigenvalue weighted by molar-refractivity contribution is 9.10. The van der Waals surface area contributed by atoms with Crippen LogP contribution in [0.2, 0.25) is 0 Å². The van der Waals surface area contributed by atoms with Gasteiger partial charge in [-0.15, -0.1) is 0 Å². The molecule has 0 spiro atoms. The predicted octanol–water partition coefficient (Wildman–Crippen LogP) is 2.37. The number of hydrogen-bond donors (Lipinski definition) is 1. The second-order valence-corrected chi connectivity index (χ2v) is 3.99. The van der Waals surface area contributed by atoms with E-state index in [0.717, 1.165) is 10.0 Å². The van der Waals surface area contributed by atoms with Crippen LogP contribution in [0.3, 0.4) is 0 Å². The van der Waals surface area contributed by atoms with Crippen molar-refractivity contribution in [1.82, 2.24) is 10.3 Å². The Morgan fingerprint density at radius 1 is 1.44 bits per heavy atom. The molecular weight excluding hydrogens is 272 g/mol. The van der Waals surface area contributed by atoms with Crippen LogP contribution in [0.4, 0.5) is 0 Å². The van der Waals surface area contributed by atoms with Crippen LogP contribution in [0.15, 0.2) is 45.7 Å². The van der Waals surface area contributed by atoms with Gasteiger partial charge in [-0.2, -0.15) is 0 Å². The minimum absolute atomic E-state index is 0.215. The third kappa shape index (κ3) is 2.49. The summed E-state index contributed by atoms with van der Waals surface area (Å²) in [5.41, 5.74) is 1.01.